The highest BCUT2D eigenvalue weighted by molar-refractivity contribution is 7.14. The quantitative estimate of drug-likeness (QED) is 0.143. The van der Waals surface area contributed by atoms with Crippen molar-refractivity contribution in [3.8, 4) is 28.3 Å². The van der Waals surface area contributed by atoms with Crippen LogP contribution in [0.4, 0.5) is 0 Å². The van der Waals surface area contributed by atoms with Crippen LogP contribution in [-0.4, -0.2) is 39.6 Å². The van der Waals surface area contributed by atoms with E-state index in [1.807, 2.05) is 54.6 Å². The van der Waals surface area contributed by atoms with Gasteiger partial charge in [0.2, 0.25) is 0 Å². The number of hydrogen-bond donors (Lipinski definition) is 2. The maximum Gasteiger partial charge on any atom is 0.326 e. The smallest absolute Gasteiger partial charge is 0.326 e. The monoisotopic (exact) mass is 599 g/mol. The number of carbonyl (C=O) groups is 2. The third kappa shape index (κ3) is 9.22. The van der Waals surface area contributed by atoms with E-state index in [9.17, 15) is 14.7 Å². The summed E-state index contributed by atoms with van der Waals surface area (Å²) < 4.78 is 5.86. The average Bonchev–Trinajstić information content (AvgIpc) is 3.51. The molecule has 0 aliphatic heterocycles. The van der Waals surface area contributed by atoms with Gasteiger partial charge in [-0.15, -0.1) is 11.3 Å². The molecule has 2 heterocycles. The van der Waals surface area contributed by atoms with Gasteiger partial charge in [0, 0.05) is 22.4 Å². The van der Waals surface area contributed by atoms with E-state index in [1.54, 1.807) is 18.5 Å². The summed E-state index contributed by atoms with van der Waals surface area (Å²) in [5.74, 6) is -0.594. The number of amides is 1. The van der Waals surface area contributed by atoms with Crippen LogP contribution in [0, 0.1) is 0 Å². The largest absolute Gasteiger partial charge is 0.494 e. The van der Waals surface area contributed by atoms with E-state index >= 15 is 0 Å². The molecule has 226 valence electrons. The Balaban J connectivity index is 1.32. The molecule has 8 heteroatoms. The Hall–Kier alpha value is -4.04. The molecule has 0 saturated carbocycles. The van der Waals surface area contributed by atoms with Gasteiger partial charge in [-0.2, -0.15) is 0 Å². The summed E-state index contributed by atoms with van der Waals surface area (Å²) in [7, 11) is 0. The zero-order valence-corrected chi connectivity index (χ0v) is 26.2. The molecule has 0 bridgehead atoms. The second kappa shape index (κ2) is 14.9. The first-order chi connectivity index (χ1) is 20.6. The molecule has 2 aromatic carbocycles. The first kappa shape index (κ1) is 31.9. The van der Waals surface area contributed by atoms with E-state index in [-0.39, 0.29) is 17.7 Å². The van der Waals surface area contributed by atoms with Gasteiger partial charge in [-0.1, -0.05) is 77.6 Å². The molecule has 0 radical (unpaired) electrons. The molecule has 7 nitrogen and oxygen atoms in total. The van der Waals surface area contributed by atoms with Crippen LogP contribution in [0.15, 0.2) is 73.1 Å². The van der Waals surface area contributed by atoms with Crippen LogP contribution in [0.3, 0.4) is 0 Å². The number of rotatable bonds is 14. The van der Waals surface area contributed by atoms with E-state index in [0.717, 1.165) is 46.0 Å². The fourth-order valence-electron chi connectivity index (χ4n) is 4.58. The number of thiophene rings is 1. The molecule has 1 amide bonds. The molecule has 4 rings (SSSR count). The van der Waals surface area contributed by atoms with Crippen LogP contribution in [0.5, 0.6) is 5.75 Å². The predicted octanol–water partition coefficient (Wildman–Crippen LogP) is 7.94. The lowest BCUT2D eigenvalue weighted by Gasteiger charge is -2.16. The molecule has 0 saturated heterocycles. The average molecular weight is 600 g/mol. The van der Waals surface area contributed by atoms with Gasteiger partial charge >= 0.3 is 5.97 Å². The molecule has 0 fully saturated rings. The van der Waals surface area contributed by atoms with Crippen molar-refractivity contribution in [2.24, 2.45) is 0 Å². The van der Waals surface area contributed by atoms with E-state index in [1.165, 1.54) is 37.0 Å². The van der Waals surface area contributed by atoms with Crippen molar-refractivity contribution in [1.29, 1.82) is 0 Å². The summed E-state index contributed by atoms with van der Waals surface area (Å²) in [5, 5.41) is 12.4. The molecular weight excluding hydrogens is 558 g/mol. The summed E-state index contributed by atoms with van der Waals surface area (Å²) in [6.07, 6.45) is 9.71. The van der Waals surface area contributed by atoms with Crippen LogP contribution in [0.25, 0.3) is 22.5 Å². The molecule has 4 aromatic rings. The van der Waals surface area contributed by atoms with E-state index in [4.69, 9.17) is 4.74 Å². The fraction of sp³-hybridized carbons (Fsp3) is 0.371. The normalized spacial score (nSPS) is 12.1. The van der Waals surface area contributed by atoms with Gasteiger partial charge in [0.05, 0.1) is 35.3 Å². The Morgan fingerprint density at radius 3 is 2.00 bits per heavy atom. The van der Waals surface area contributed by atoms with Crippen molar-refractivity contribution in [1.82, 2.24) is 15.3 Å². The van der Waals surface area contributed by atoms with Crippen molar-refractivity contribution in [2.45, 2.75) is 77.7 Å². The number of ether oxygens (including phenoxy) is 1. The van der Waals surface area contributed by atoms with E-state index < -0.39 is 12.0 Å². The highest BCUT2D eigenvalue weighted by Gasteiger charge is 2.24. The molecule has 0 aliphatic rings. The van der Waals surface area contributed by atoms with Gasteiger partial charge in [-0.25, -0.2) is 4.79 Å². The predicted molar refractivity (Wildman–Crippen MR) is 173 cm³/mol. The number of benzene rings is 2. The van der Waals surface area contributed by atoms with Crippen LogP contribution in [0.1, 0.15) is 79.9 Å². The number of carbonyl (C=O) groups excluding carboxylic acids is 1. The van der Waals surface area contributed by atoms with Gasteiger partial charge in [0.25, 0.3) is 5.91 Å². The van der Waals surface area contributed by atoms with Gasteiger partial charge in [0.15, 0.2) is 0 Å². The van der Waals surface area contributed by atoms with E-state index in [0.29, 0.717) is 10.6 Å². The number of aliphatic carboxylic acids is 1. The number of aromatic nitrogens is 2. The van der Waals surface area contributed by atoms with Crippen LogP contribution in [0.2, 0.25) is 0 Å². The highest BCUT2D eigenvalue weighted by Crippen LogP contribution is 2.29. The molecule has 0 aliphatic carbocycles. The SMILES string of the molecule is CCCCCCCOc1ccc(-c2cnc(-c3ccc(CC(NC(=O)c4ccc(C(C)(C)C)s4)C(=O)O)cc3)cn2)cc1. The Bertz CT molecular complexity index is 1470. The number of nitrogens with one attached hydrogen (secondary N) is 1. The van der Waals surface area contributed by atoms with E-state index in [2.05, 4.69) is 43.0 Å². The van der Waals surface area contributed by atoms with Crippen LogP contribution >= 0.6 is 11.3 Å². The van der Waals surface area contributed by atoms with Crippen molar-refractivity contribution in [3.05, 3.63) is 88.4 Å². The third-order valence-electron chi connectivity index (χ3n) is 7.18. The lowest BCUT2D eigenvalue weighted by atomic mass is 9.95. The lowest BCUT2D eigenvalue weighted by molar-refractivity contribution is -0.139. The minimum absolute atomic E-state index is 0.0738. The highest BCUT2D eigenvalue weighted by atomic mass is 32.1. The van der Waals surface area contributed by atoms with Gasteiger partial charge in [-0.05, 0) is 53.8 Å². The second-order valence-electron chi connectivity index (χ2n) is 11.8. The number of carboxylic acids is 1. The molecule has 2 N–H and O–H groups in total. The Labute approximate surface area is 258 Å². The molecule has 0 spiro atoms. The van der Waals surface area contributed by atoms with Crippen molar-refractivity contribution in [2.75, 3.05) is 6.61 Å². The van der Waals surface area contributed by atoms with Crippen molar-refractivity contribution < 1.29 is 19.4 Å². The summed E-state index contributed by atoms with van der Waals surface area (Å²) in [5.41, 5.74) is 4.04. The first-order valence-electron chi connectivity index (χ1n) is 14.9. The number of nitrogens with zero attached hydrogens (tertiary/aromatic N) is 2. The number of carboxylic acid groups (broad SMARTS) is 1. The van der Waals surface area contributed by atoms with Crippen LogP contribution in [-0.2, 0) is 16.6 Å². The van der Waals surface area contributed by atoms with Crippen LogP contribution < -0.4 is 10.1 Å². The maximum absolute atomic E-state index is 12.8. The summed E-state index contributed by atoms with van der Waals surface area (Å²) in [6.45, 7) is 9.19. The molecule has 2 aromatic heterocycles. The minimum atomic E-state index is -1.08. The Morgan fingerprint density at radius 2 is 1.47 bits per heavy atom. The molecule has 43 heavy (non-hydrogen) atoms. The second-order valence-corrected chi connectivity index (χ2v) is 12.8. The lowest BCUT2D eigenvalue weighted by Crippen LogP contribution is -2.42. The zero-order valence-electron chi connectivity index (χ0n) is 25.4. The van der Waals surface area contributed by atoms with Gasteiger partial charge < -0.3 is 15.2 Å². The summed E-state index contributed by atoms with van der Waals surface area (Å²) in [6, 6.07) is 18.0. The molecule has 1 unspecified atom stereocenters. The van der Waals surface area contributed by atoms with Gasteiger partial charge in [-0.3, -0.25) is 14.8 Å². The van der Waals surface area contributed by atoms with Crippen molar-refractivity contribution in [3.63, 3.8) is 0 Å². The third-order valence-corrected chi connectivity index (χ3v) is 8.69. The molecular formula is C35H41N3O4S. The summed E-state index contributed by atoms with van der Waals surface area (Å²) in [4.78, 5) is 35.5. The number of unbranched alkanes of at least 4 members (excludes halogenated alkanes) is 4. The topological polar surface area (TPSA) is 101 Å². The van der Waals surface area contributed by atoms with Crippen molar-refractivity contribution >= 4 is 23.2 Å². The molecule has 1 atom stereocenters. The Morgan fingerprint density at radius 1 is 0.860 bits per heavy atom. The minimum Gasteiger partial charge on any atom is -0.494 e. The standard InChI is InChI=1S/C35H41N3O4S/c1-5-6-7-8-9-20-42-27-16-14-26(15-17-27)30-23-36-29(22-37-30)25-12-10-24(11-13-25)21-28(34(40)41)38-33(39)31-18-19-32(43-31)35(2,3)4/h10-19,22-23,28H,5-9,20-21H2,1-4H3,(H,38,39)(H,40,41). The fourth-order valence-corrected chi connectivity index (χ4v) is 5.55. The Kier molecular flexibility index (Phi) is 11.1. The summed E-state index contributed by atoms with van der Waals surface area (Å²) >= 11 is 1.39. The van der Waals surface area contributed by atoms with Gasteiger partial charge in [0.1, 0.15) is 11.8 Å². The maximum atomic E-state index is 12.8. The number of hydrogen-bond acceptors (Lipinski definition) is 6. The zero-order chi connectivity index (χ0) is 30.8. The first-order valence-corrected chi connectivity index (χ1v) is 15.7.